The minimum absolute atomic E-state index is 0.315. The number of fused-ring (bicyclic) bond motifs is 1. The summed E-state index contributed by atoms with van der Waals surface area (Å²) < 4.78 is 1.93. The summed E-state index contributed by atoms with van der Waals surface area (Å²) in [5, 5.41) is 11.0. The maximum absolute atomic E-state index is 4.69. The van der Waals surface area contributed by atoms with Gasteiger partial charge in [-0.2, -0.15) is 5.10 Å². The second-order valence-corrected chi connectivity index (χ2v) is 6.89. The molecule has 3 aromatic rings. The number of hydrogen-bond donors (Lipinski definition) is 2. The molecule has 0 aromatic carbocycles. The van der Waals surface area contributed by atoms with Gasteiger partial charge in [-0.1, -0.05) is 6.07 Å². The lowest BCUT2D eigenvalue weighted by Gasteiger charge is -2.17. The molecule has 1 aliphatic rings. The third-order valence-electron chi connectivity index (χ3n) is 4.51. The first kappa shape index (κ1) is 16.5. The molecular weight excluding hydrogens is 326 g/mol. The van der Waals surface area contributed by atoms with Crippen molar-refractivity contribution in [2.75, 3.05) is 17.2 Å². The van der Waals surface area contributed by atoms with Crippen LogP contribution in [0.2, 0.25) is 0 Å². The molecule has 0 saturated heterocycles. The second kappa shape index (κ2) is 6.74. The Morgan fingerprint density at radius 3 is 2.88 bits per heavy atom. The first-order chi connectivity index (χ1) is 12.6. The molecule has 7 nitrogen and oxygen atoms in total. The minimum atomic E-state index is 0.315. The first-order valence-corrected chi connectivity index (χ1v) is 8.99. The summed E-state index contributed by atoms with van der Waals surface area (Å²) in [4.78, 5) is 13.7. The van der Waals surface area contributed by atoms with E-state index in [1.165, 1.54) is 5.56 Å². The number of aryl methyl sites for hydroxylation is 2. The number of nitrogens with one attached hydrogen (secondary N) is 2. The molecule has 2 N–H and O–H groups in total. The molecule has 0 saturated carbocycles. The molecule has 4 rings (SSSR count). The van der Waals surface area contributed by atoms with E-state index in [0.29, 0.717) is 12.0 Å². The Morgan fingerprint density at radius 1 is 1.19 bits per heavy atom. The fraction of sp³-hybridized carbons (Fsp3) is 0.368. The van der Waals surface area contributed by atoms with Crippen molar-refractivity contribution in [2.45, 2.75) is 39.7 Å². The molecule has 0 atom stereocenters. The molecule has 26 heavy (non-hydrogen) atoms. The molecule has 4 heterocycles. The zero-order chi connectivity index (χ0) is 18.1. The van der Waals surface area contributed by atoms with Crippen molar-refractivity contribution in [3.05, 3.63) is 41.9 Å². The van der Waals surface area contributed by atoms with Crippen molar-refractivity contribution < 1.29 is 0 Å². The van der Waals surface area contributed by atoms with Gasteiger partial charge in [-0.3, -0.25) is 4.68 Å². The van der Waals surface area contributed by atoms with E-state index < -0.39 is 0 Å². The second-order valence-electron chi connectivity index (χ2n) is 6.89. The molecule has 0 bridgehead atoms. The number of rotatable bonds is 4. The van der Waals surface area contributed by atoms with Gasteiger partial charge in [0.05, 0.1) is 11.9 Å². The third kappa shape index (κ3) is 3.24. The monoisotopic (exact) mass is 349 g/mol. The molecule has 0 aliphatic carbocycles. The van der Waals surface area contributed by atoms with Crippen LogP contribution in [-0.2, 0) is 6.42 Å². The fourth-order valence-electron chi connectivity index (χ4n) is 3.05. The highest BCUT2D eigenvalue weighted by Gasteiger charge is 2.13. The smallest absolute Gasteiger partial charge is 0.228 e. The van der Waals surface area contributed by atoms with Crippen LogP contribution in [0.5, 0.6) is 0 Å². The summed E-state index contributed by atoms with van der Waals surface area (Å²) >= 11 is 0. The van der Waals surface area contributed by atoms with Gasteiger partial charge < -0.3 is 10.6 Å². The summed E-state index contributed by atoms with van der Waals surface area (Å²) in [6.45, 7) is 7.18. The maximum atomic E-state index is 4.69. The number of pyridine rings is 1. The Bertz CT molecular complexity index is 929. The van der Waals surface area contributed by atoms with Crippen LogP contribution >= 0.6 is 0 Å². The van der Waals surface area contributed by atoms with Crippen LogP contribution in [-0.4, -0.2) is 31.3 Å². The highest BCUT2D eigenvalue weighted by atomic mass is 15.3. The van der Waals surface area contributed by atoms with Gasteiger partial charge in [0.2, 0.25) is 5.95 Å². The Hall–Kier alpha value is -2.96. The van der Waals surface area contributed by atoms with E-state index in [4.69, 9.17) is 0 Å². The van der Waals surface area contributed by atoms with E-state index in [9.17, 15) is 0 Å². The van der Waals surface area contributed by atoms with E-state index >= 15 is 0 Å². The van der Waals surface area contributed by atoms with Crippen LogP contribution in [0, 0.1) is 6.92 Å². The van der Waals surface area contributed by atoms with Gasteiger partial charge >= 0.3 is 0 Å². The molecule has 0 fully saturated rings. The van der Waals surface area contributed by atoms with Crippen molar-refractivity contribution in [2.24, 2.45) is 0 Å². The topological polar surface area (TPSA) is 80.6 Å². The quantitative estimate of drug-likeness (QED) is 0.747. The summed E-state index contributed by atoms with van der Waals surface area (Å²) in [5.41, 5.74) is 4.14. The average Bonchev–Trinajstić information content (AvgIpc) is 3.13. The third-order valence-corrected chi connectivity index (χ3v) is 4.51. The molecular formula is C19H23N7. The number of hydrogen-bond acceptors (Lipinski definition) is 6. The predicted octanol–water partition coefficient (Wildman–Crippen LogP) is 3.73. The SMILES string of the molecule is Cc1cnc(Nc2ccc3c(n2)NCCC3)nc1-c1cnn(C(C)C)c1. The van der Waals surface area contributed by atoms with Gasteiger partial charge in [0.15, 0.2) is 0 Å². The lowest BCUT2D eigenvalue weighted by Crippen LogP contribution is -2.14. The largest absolute Gasteiger partial charge is 0.370 e. The van der Waals surface area contributed by atoms with E-state index in [0.717, 1.165) is 47.8 Å². The number of anilines is 3. The van der Waals surface area contributed by atoms with Crippen LogP contribution in [0.25, 0.3) is 11.3 Å². The van der Waals surface area contributed by atoms with Gasteiger partial charge in [0, 0.05) is 30.5 Å². The Labute approximate surface area is 152 Å². The molecule has 3 aromatic heterocycles. The molecule has 134 valence electrons. The Kier molecular flexibility index (Phi) is 4.28. The highest BCUT2D eigenvalue weighted by molar-refractivity contribution is 5.64. The van der Waals surface area contributed by atoms with Crippen LogP contribution in [0.15, 0.2) is 30.7 Å². The molecule has 0 radical (unpaired) electrons. The summed E-state index contributed by atoms with van der Waals surface area (Å²) in [5.74, 6) is 2.23. The molecule has 0 amide bonds. The molecule has 0 unspecified atom stereocenters. The van der Waals surface area contributed by atoms with Gasteiger partial charge in [-0.25, -0.2) is 15.0 Å². The Morgan fingerprint density at radius 2 is 2.08 bits per heavy atom. The van der Waals surface area contributed by atoms with Gasteiger partial charge in [-0.15, -0.1) is 0 Å². The molecule has 7 heteroatoms. The van der Waals surface area contributed by atoms with Crippen molar-refractivity contribution in [3.8, 4) is 11.3 Å². The van der Waals surface area contributed by atoms with Gasteiger partial charge in [0.25, 0.3) is 0 Å². The van der Waals surface area contributed by atoms with Crippen molar-refractivity contribution in [3.63, 3.8) is 0 Å². The molecule has 1 aliphatic heterocycles. The van der Waals surface area contributed by atoms with Gasteiger partial charge in [-0.05, 0) is 50.8 Å². The van der Waals surface area contributed by atoms with E-state index in [1.54, 1.807) is 0 Å². The average molecular weight is 349 g/mol. The van der Waals surface area contributed by atoms with Crippen LogP contribution < -0.4 is 10.6 Å². The van der Waals surface area contributed by atoms with Crippen molar-refractivity contribution in [1.29, 1.82) is 0 Å². The van der Waals surface area contributed by atoms with E-state index in [-0.39, 0.29) is 0 Å². The summed E-state index contributed by atoms with van der Waals surface area (Å²) in [7, 11) is 0. The maximum Gasteiger partial charge on any atom is 0.228 e. The van der Waals surface area contributed by atoms with Gasteiger partial charge in [0.1, 0.15) is 11.6 Å². The van der Waals surface area contributed by atoms with E-state index in [1.807, 2.05) is 36.3 Å². The zero-order valence-corrected chi connectivity index (χ0v) is 15.3. The predicted molar refractivity (Wildman–Crippen MR) is 103 cm³/mol. The minimum Gasteiger partial charge on any atom is -0.370 e. The van der Waals surface area contributed by atoms with Crippen molar-refractivity contribution in [1.82, 2.24) is 24.7 Å². The van der Waals surface area contributed by atoms with Crippen LogP contribution in [0.4, 0.5) is 17.6 Å². The Balaban J connectivity index is 1.61. The lowest BCUT2D eigenvalue weighted by molar-refractivity contribution is 0.532. The normalized spacial score (nSPS) is 13.4. The zero-order valence-electron chi connectivity index (χ0n) is 15.3. The first-order valence-electron chi connectivity index (χ1n) is 8.99. The summed E-state index contributed by atoms with van der Waals surface area (Å²) in [6, 6.07) is 4.40. The standard InChI is InChI=1S/C19H23N7/c1-12(2)26-11-15(10-22-26)17-13(3)9-21-19(25-17)24-16-7-6-14-5-4-8-20-18(14)23-16/h6-7,9-12H,4-5,8H2,1-3H3,(H2,20,21,23,24,25). The lowest BCUT2D eigenvalue weighted by atomic mass is 10.1. The number of aromatic nitrogens is 5. The van der Waals surface area contributed by atoms with Crippen LogP contribution in [0.3, 0.4) is 0 Å². The summed E-state index contributed by atoms with van der Waals surface area (Å²) in [6.07, 6.45) is 7.91. The fourth-order valence-corrected chi connectivity index (χ4v) is 3.05. The van der Waals surface area contributed by atoms with Crippen LogP contribution in [0.1, 0.15) is 37.4 Å². The van der Waals surface area contributed by atoms with E-state index in [2.05, 4.69) is 50.6 Å². The van der Waals surface area contributed by atoms with Crippen molar-refractivity contribution >= 4 is 17.6 Å². The highest BCUT2D eigenvalue weighted by Crippen LogP contribution is 2.25. The number of nitrogens with zero attached hydrogens (tertiary/aromatic N) is 5. The molecule has 0 spiro atoms.